The van der Waals surface area contributed by atoms with E-state index in [1.165, 1.54) is 0 Å². The first kappa shape index (κ1) is 8.74. The van der Waals surface area contributed by atoms with Gasteiger partial charge in [-0.3, -0.25) is 0 Å². The Morgan fingerprint density at radius 3 is 2.86 bits per heavy atom. The summed E-state index contributed by atoms with van der Waals surface area (Å²) < 4.78 is 1.76. The first-order chi connectivity index (χ1) is 6.81. The summed E-state index contributed by atoms with van der Waals surface area (Å²) in [5, 5.41) is 7.12. The summed E-state index contributed by atoms with van der Waals surface area (Å²) in [6, 6.07) is 8.07. The van der Waals surface area contributed by atoms with Crippen molar-refractivity contribution in [3.63, 3.8) is 0 Å². The Morgan fingerprint density at radius 2 is 2.21 bits per heavy atom. The summed E-state index contributed by atoms with van der Waals surface area (Å²) >= 11 is 0. The zero-order chi connectivity index (χ0) is 9.97. The molecule has 0 spiro atoms. The van der Waals surface area contributed by atoms with Crippen LogP contribution in [0.4, 0.5) is 5.69 Å². The van der Waals surface area contributed by atoms with Crippen LogP contribution in [0.15, 0.2) is 30.6 Å². The lowest BCUT2D eigenvalue weighted by molar-refractivity contribution is 0.774. The molecule has 1 N–H and O–H groups in total. The van der Waals surface area contributed by atoms with Crippen LogP contribution < -0.4 is 5.32 Å². The molecule has 2 aromatic rings. The topological polar surface area (TPSA) is 42.7 Å². The van der Waals surface area contributed by atoms with E-state index in [1.54, 1.807) is 11.0 Å². The van der Waals surface area contributed by atoms with Crippen molar-refractivity contribution in [1.29, 1.82) is 0 Å². The van der Waals surface area contributed by atoms with E-state index in [0.29, 0.717) is 0 Å². The second-order valence-electron chi connectivity index (χ2n) is 3.04. The Morgan fingerprint density at radius 1 is 1.36 bits per heavy atom. The second-order valence-corrected chi connectivity index (χ2v) is 3.04. The van der Waals surface area contributed by atoms with E-state index in [4.69, 9.17) is 0 Å². The summed E-state index contributed by atoms with van der Waals surface area (Å²) in [7, 11) is 3.78. The molecule has 0 aliphatic heterocycles. The third kappa shape index (κ3) is 1.46. The number of aromatic nitrogens is 3. The van der Waals surface area contributed by atoms with Crippen molar-refractivity contribution >= 4 is 5.69 Å². The van der Waals surface area contributed by atoms with Crippen LogP contribution in [0, 0.1) is 0 Å². The Bertz CT molecular complexity index is 433. The van der Waals surface area contributed by atoms with Gasteiger partial charge in [0.05, 0.1) is 0 Å². The zero-order valence-corrected chi connectivity index (χ0v) is 8.23. The quantitative estimate of drug-likeness (QED) is 0.777. The summed E-state index contributed by atoms with van der Waals surface area (Å²) in [6.07, 6.45) is 1.56. The standard InChI is InChI=1S/C10H12N4/c1-11-9-5-3-4-8(6-9)10-12-7-13-14(10)2/h3-7,11H,1-2H3. The number of hydrogen-bond acceptors (Lipinski definition) is 3. The van der Waals surface area contributed by atoms with Gasteiger partial charge in [-0.2, -0.15) is 5.10 Å². The molecule has 1 aromatic heterocycles. The van der Waals surface area contributed by atoms with E-state index in [2.05, 4.69) is 15.4 Å². The molecule has 0 saturated heterocycles. The van der Waals surface area contributed by atoms with E-state index in [-0.39, 0.29) is 0 Å². The molecule has 4 nitrogen and oxygen atoms in total. The highest BCUT2D eigenvalue weighted by Crippen LogP contribution is 2.19. The van der Waals surface area contributed by atoms with Gasteiger partial charge in [-0.05, 0) is 12.1 Å². The minimum absolute atomic E-state index is 0.877. The molecule has 0 unspecified atom stereocenters. The predicted molar refractivity (Wildman–Crippen MR) is 56.0 cm³/mol. The van der Waals surface area contributed by atoms with Crippen LogP contribution in [-0.2, 0) is 7.05 Å². The maximum atomic E-state index is 4.19. The monoisotopic (exact) mass is 188 g/mol. The number of nitrogens with zero attached hydrogens (tertiary/aromatic N) is 3. The van der Waals surface area contributed by atoms with Gasteiger partial charge in [0.2, 0.25) is 0 Å². The molecular weight excluding hydrogens is 176 g/mol. The molecule has 14 heavy (non-hydrogen) atoms. The SMILES string of the molecule is CNc1cccc(-c2ncnn2C)c1. The number of nitrogens with one attached hydrogen (secondary N) is 1. The van der Waals surface area contributed by atoms with E-state index < -0.39 is 0 Å². The van der Waals surface area contributed by atoms with Gasteiger partial charge in [0.25, 0.3) is 0 Å². The fourth-order valence-corrected chi connectivity index (χ4v) is 1.37. The van der Waals surface area contributed by atoms with Crippen molar-refractivity contribution in [2.75, 3.05) is 12.4 Å². The van der Waals surface area contributed by atoms with Crippen molar-refractivity contribution in [1.82, 2.24) is 14.8 Å². The lowest BCUT2D eigenvalue weighted by atomic mass is 10.2. The Labute approximate surface area is 82.6 Å². The lowest BCUT2D eigenvalue weighted by Crippen LogP contribution is -1.95. The first-order valence-electron chi connectivity index (χ1n) is 4.43. The Balaban J connectivity index is 2.47. The summed E-state index contributed by atoms with van der Waals surface area (Å²) in [6.45, 7) is 0. The molecule has 72 valence electrons. The third-order valence-electron chi connectivity index (χ3n) is 2.12. The molecule has 0 aliphatic rings. The molecule has 0 saturated carbocycles. The molecule has 4 heteroatoms. The third-order valence-corrected chi connectivity index (χ3v) is 2.12. The number of anilines is 1. The van der Waals surface area contributed by atoms with E-state index in [9.17, 15) is 0 Å². The highest BCUT2D eigenvalue weighted by atomic mass is 15.3. The van der Waals surface area contributed by atoms with Crippen molar-refractivity contribution in [2.24, 2.45) is 7.05 Å². The minimum atomic E-state index is 0.877. The smallest absolute Gasteiger partial charge is 0.157 e. The largest absolute Gasteiger partial charge is 0.388 e. The number of benzene rings is 1. The van der Waals surface area contributed by atoms with Crippen LogP contribution in [-0.4, -0.2) is 21.8 Å². The summed E-state index contributed by atoms with van der Waals surface area (Å²) in [4.78, 5) is 4.19. The lowest BCUT2D eigenvalue weighted by Gasteiger charge is -2.03. The molecule has 0 atom stereocenters. The zero-order valence-electron chi connectivity index (χ0n) is 8.23. The molecule has 0 radical (unpaired) electrons. The van der Waals surface area contributed by atoms with Crippen molar-refractivity contribution in [3.05, 3.63) is 30.6 Å². The van der Waals surface area contributed by atoms with Gasteiger partial charge in [0.15, 0.2) is 5.82 Å². The fraction of sp³-hybridized carbons (Fsp3) is 0.200. The van der Waals surface area contributed by atoms with Crippen LogP contribution in [0.5, 0.6) is 0 Å². The van der Waals surface area contributed by atoms with Gasteiger partial charge in [0, 0.05) is 25.3 Å². The number of rotatable bonds is 2. The van der Waals surface area contributed by atoms with Crippen LogP contribution >= 0.6 is 0 Å². The van der Waals surface area contributed by atoms with Crippen LogP contribution in [0.1, 0.15) is 0 Å². The minimum Gasteiger partial charge on any atom is -0.388 e. The van der Waals surface area contributed by atoms with E-state index in [0.717, 1.165) is 17.1 Å². The van der Waals surface area contributed by atoms with Crippen LogP contribution in [0.2, 0.25) is 0 Å². The van der Waals surface area contributed by atoms with Gasteiger partial charge in [-0.1, -0.05) is 12.1 Å². The molecule has 0 fully saturated rings. The van der Waals surface area contributed by atoms with Gasteiger partial charge >= 0.3 is 0 Å². The number of aryl methyl sites for hydroxylation is 1. The molecule has 0 aliphatic carbocycles. The van der Waals surface area contributed by atoms with Crippen LogP contribution in [0.3, 0.4) is 0 Å². The van der Waals surface area contributed by atoms with Crippen molar-refractivity contribution in [2.45, 2.75) is 0 Å². The molecule has 1 aromatic carbocycles. The maximum Gasteiger partial charge on any atom is 0.157 e. The van der Waals surface area contributed by atoms with Gasteiger partial charge in [0.1, 0.15) is 6.33 Å². The summed E-state index contributed by atoms with van der Waals surface area (Å²) in [5.41, 5.74) is 2.14. The highest BCUT2D eigenvalue weighted by Gasteiger charge is 2.03. The maximum absolute atomic E-state index is 4.19. The normalized spacial score (nSPS) is 10.1. The molecular formula is C10H12N4. The molecule has 0 bridgehead atoms. The summed E-state index contributed by atoms with van der Waals surface area (Å²) in [5.74, 6) is 0.877. The fourth-order valence-electron chi connectivity index (χ4n) is 1.37. The average molecular weight is 188 g/mol. The van der Waals surface area contributed by atoms with Gasteiger partial charge in [-0.15, -0.1) is 0 Å². The van der Waals surface area contributed by atoms with Crippen molar-refractivity contribution in [3.8, 4) is 11.4 Å². The molecule has 1 heterocycles. The van der Waals surface area contributed by atoms with E-state index in [1.807, 2.05) is 38.4 Å². The Hall–Kier alpha value is -1.84. The van der Waals surface area contributed by atoms with Crippen molar-refractivity contribution < 1.29 is 0 Å². The molecule has 2 rings (SSSR count). The molecule has 0 amide bonds. The Kier molecular flexibility index (Phi) is 2.18. The predicted octanol–water partition coefficient (Wildman–Crippen LogP) is 1.52. The first-order valence-corrected chi connectivity index (χ1v) is 4.43. The number of hydrogen-bond donors (Lipinski definition) is 1. The van der Waals surface area contributed by atoms with Gasteiger partial charge < -0.3 is 5.32 Å². The van der Waals surface area contributed by atoms with Crippen LogP contribution in [0.25, 0.3) is 11.4 Å². The highest BCUT2D eigenvalue weighted by molar-refractivity contribution is 5.62. The van der Waals surface area contributed by atoms with Gasteiger partial charge in [-0.25, -0.2) is 9.67 Å². The second kappa shape index (κ2) is 3.49. The average Bonchev–Trinajstić information content (AvgIpc) is 2.65. The van der Waals surface area contributed by atoms with E-state index >= 15 is 0 Å².